The van der Waals surface area contributed by atoms with E-state index >= 15 is 0 Å². The van der Waals surface area contributed by atoms with Crippen LogP contribution in [0.4, 0.5) is 5.69 Å². The summed E-state index contributed by atoms with van der Waals surface area (Å²) in [6, 6.07) is 8.92. The van der Waals surface area contributed by atoms with E-state index in [-0.39, 0.29) is 0 Å². The number of hydrogen-bond donors (Lipinski definition) is 1. The molecule has 0 aliphatic carbocycles. The van der Waals surface area contributed by atoms with Gasteiger partial charge in [-0.2, -0.15) is 5.10 Å². The van der Waals surface area contributed by atoms with Gasteiger partial charge in [-0.1, -0.05) is 23.2 Å². The Morgan fingerprint density at radius 3 is 2.65 bits per heavy atom. The number of rotatable bonds is 3. The van der Waals surface area contributed by atoms with E-state index < -0.39 is 0 Å². The molecule has 17 heavy (non-hydrogen) atoms. The topological polar surface area (TPSA) is 37.5 Å². The summed E-state index contributed by atoms with van der Waals surface area (Å²) in [4.78, 5) is 0. The van der Waals surface area contributed by atoms with Crippen LogP contribution in [0.5, 0.6) is 0 Å². The monoisotopic (exact) mass is 268 g/mol. The predicted molar refractivity (Wildman–Crippen MR) is 71.1 cm³/mol. The van der Waals surface area contributed by atoms with Crippen molar-refractivity contribution in [3.8, 4) is 0 Å². The van der Waals surface area contributed by atoms with Crippen LogP contribution in [0.15, 0.2) is 39.9 Å². The minimum absolute atomic E-state index is 0.487. The second-order valence-corrected chi connectivity index (χ2v) is 4.26. The summed E-state index contributed by atoms with van der Waals surface area (Å²) >= 11 is 11.7. The number of furan rings is 1. The van der Waals surface area contributed by atoms with Gasteiger partial charge >= 0.3 is 0 Å². The fraction of sp³-hybridized carbons (Fsp3) is 0.0833. The Hall–Kier alpha value is -1.45. The summed E-state index contributed by atoms with van der Waals surface area (Å²) in [6.45, 7) is 1.88. The molecule has 1 aromatic heterocycles. The molecular formula is C12H10Cl2N2O. The van der Waals surface area contributed by atoms with Gasteiger partial charge in [0.25, 0.3) is 0 Å². The Morgan fingerprint density at radius 2 is 2.00 bits per heavy atom. The number of anilines is 1. The molecule has 0 aliphatic rings. The van der Waals surface area contributed by atoms with Crippen LogP contribution in [0.3, 0.4) is 0 Å². The van der Waals surface area contributed by atoms with E-state index in [4.69, 9.17) is 27.6 Å². The maximum Gasteiger partial charge on any atom is 0.147 e. The minimum atomic E-state index is 0.487. The lowest BCUT2D eigenvalue weighted by atomic mass is 10.3. The molecule has 3 nitrogen and oxygen atoms in total. The second kappa shape index (κ2) is 5.25. The van der Waals surface area contributed by atoms with Crippen LogP contribution in [-0.2, 0) is 0 Å². The third-order valence-corrected chi connectivity index (χ3v) is 2.81. The number of aryl methyl sites for hydroxylation is 1. The molecule has 88 valence electrons. The molecule has 0 amide bonds. The molecule has 0 unspecified atom stereocenters. The number of hydrogen-bond acceptors (Lipinski definition) is 3. The highest BCUT2D eigenvalue weighted by Crippen LogP contribution is 2.24. The molecule has 0 aliphatic heterocycles. The Balaban J connectivity index is 2.02. The number of benzene rings is 1. The molecule has 1 N–H and O–H groups in total. The van der Waals surface area contributed by atoms with Crippen molar-refractivity contribution < 1.29 is 4.42 Å². The molecule has 2 rings (SSSR count). The molecule has 0 radical (unpaired) electrons. The molecule has 1 aromatic carbocycles. The fourth-order valence-electron chi connectivity index (χ4n) is 1.26. The van der Waals surface area contributed by atoms with Crippen LogP contribution in [-0.4, -0.2) is 6.21 Å². The van der Waals surface area contributed by atoms with Crippen molar-refractivity contribution in [1.82, 2.24) is 0 Å². The van der Waals surface area contributed by atoms with Crippen molar-refractivity contribution in [2.45, 2.75) is 6.92 Å². The summed E-state index contributed by atoms with van der Waals surface area (Å²) in [7, 11) is 0. The lowest BCUT2D eigenvalue weighted by Crippen LogP contribution is -1.89. The SMILES string of the molecule is Cc1ccc(C=NNc2ccc(Cl)c(Cl)c2)o1. The Labute approximate surface area is 109 Å². The van der Waals surface area contributed by atoms with E-state index in [1.54, 1.807) is 24.4 Å². The summed E-state index contributed by atoms with van der Waals surface area (Å²) < 4.78 is 5.33. The van der Waals surface area contributed by atoms with Gasteiger partial charge in [0.1, 0.15) is 11.5 Å². The van der Waals surface area contributed by atoms with E-state index in [9.17, 15) is 0 Å². The van der Waals surface area contributed by atoms with Crippen molar-refractivity contribution in [3.05, 3.63) is 51.9 Å². The zero-order valence-corrected chi connectivity index (χ0v) is 10.6. The average Bonchev–Trinajstić information content (AvgIpc) is 2.70. The van der Waals surface area contributed by atoms with Crippen molar-refractivity contribution >= 4 is 35.1 Å². The number of nitrogens with one attached hydrogen (secondary N) is 1. The van der Waals surface area contributed by atoms with Gasteiger partial charge in [0, 0.05) is 0 Å². The molecule has 1 heterocycles. The third-order valence-electron chi connectivity index (χ3n) is 2.07. The third kappa shape index (κ3) is 3.25. The molecule has 0 bridgehead atoms. The summed E-state index contributed by atoms with van der Waals surface area (Å²) in [6.07, 6.45) is 1.59. The van der Waals surface area contributed by atoms with Gasteiger partial charge in [0.05, 0.1) is 21.9 Å². The van der Waals surface area contributed by atoms with Crippen LogP contribution in [0, 0.1) is 6.92 Å². The van der Waals surface area contributed by atoms with Gasteiger partial charge in [-0.05, 0) is 37.3 Å². The first-order chi connectivity index (χ1) is 8.15. The molecule has 0 atom stereocenters. The summed E-state index contributed by atoms with van der Waals surface area (Å²) in [5.74, 6) is 1.54. The Kier molecular flexibility index (Phi) is 3.71. The predicted octanol–water partition coefficient (Wildman–Crippen LogP) is 4.34. The Bertz CT molecular complexity index is 549. The maximum atomic E-state index is 5.87. The van der Waals surface area contributed by atoms with Crippen LogP contribution in [0.2, 0.25) is 10.0 Å². The number of nitrogens with zero attached hydrogens (tertiary/aromatic N) is 1. The highest BCUT2D eigenvalue weighted by atomic mass is 35.5. The minimum Gasteiger partial charge on any atom is -0.460 e. The molecule has 5 heteroatoms. The lowest BCUT2D eigenvalue weighted by molar-refractivity contribution is 0.528. The maximum absolute atomic E-state index is 5.87. The standard InChI is InChI=1S/C12H10Cl2N2O/c1-8-2-4-10(17-8)7-15-16-9-3-5-11(13)12(14)6-9/h2-7,16H,1H3. The molecule has 2 aromatic rings. The van der Waals surface area contributed by atoms with Gasteiger partial charge in [0.15, 0.2) is 0 Å². The Morgan fingerprint density at radius 1 is 1.18 bits per heavy atom. The average molecular weight is 269 g/mol. The highest BCUT2D eigenvalue weighted by Gasteiger charge is 1.98. The second-order valence-electron chi connectivity index (χ2n) is 3.45. The smallest absolute Gasteiger partial charge is 0.147 e. The molecule has 0 saturated carbocycles. The van der Waals surface area contributed by atoms with Gasteiger partial charge in [0.2, 0.25) is 0 Å². The van der Waals surface area contributed by atoms with Crippen molar-refractivity contribution in [2.75, 3.05) is 5.43 Å². The normalized spacial score (nSPS) is 11.0. The van der Waals surface area contributed by atoms with E-state index in [0.29, 0.717) is 15.8 Å². The van der Waals surface area contributed by atoms with Gasteiger partial charge < -0.3 is 4.42 Å². The van der Waals surface area contributed by atoms with Crippen molar-refractivity contribution in [1.29, 1.82) is 0 Å². The van der Waals surface area contributed by atoms with Gasteiger partial charge in [-0.15, -0.1) is 0 Å². The van der Waals surface area contributed by atoms with E-state index in [0.717, 1.165) is 11.4 Å². The first-order valence-electron chi connectivity index (χ1n) is 4.96. The van der Waals surface area contributed by atoms with Gasteiger partial charge in [-0.3, -0.25) is 5.43 Å². The molecule has 0 saturated heterocycles. The van der Waals surface area contributed by atoms with Crippen LogP contribution in [0.25, 0.3) is 0 Å². The molecule has 0 spiro atoms. The first-order valence-corrected chi connectivity index (χ1v) is 5.71. The van der Waals surface area contributed by atoms with E-state index in [1.165, 1.54) is 0 Å². The van der Waals surface area contributed by atoms with Crippen molar-refractivity contribution in [2.24, 2.45) is 5.10 Å². The van der Waals surface area contributed by atoms with Crippen LogP contribution < -0.4 is 5.43 Å². The summed E-state index contributed by atoms with van der Waals surface area (Å²) in [5, 5.41) is 5.03. The largest absolute Gasteiger partial charge is 0.460 e. The number of halogens is 2. The highest BCUT2D eigenvalue weighted by molar-refractivity contribution is 6.42. The van der Waals surface area contributed by atoms with Crippen LogP contribution >= 0.6 is 23.2 Å². The lowest BCUT2D eigenvalue weighted by Gasteiger charge is -2.01. The fourth-order valence-corrected chi connectivity index (χ4v) is 1.56. The zero-order chi connectivity index (χ0) is 12.3. The zero-order valence-electron chi connectivity index (χ0n) is 9.08. The first kappa shape index (κ1) is 12.0. The quantitative estimate of drug-likeness (QED) is 0.664. The molecule has 0 fully saturated rings. The summed E-state index contributed by atoms with van der Waals surface area (Å²) in [5.41, 5.74) is 3.60. The van der Waals surface area contributed by atoms with Gasteiger partial charge in [-0.25, -0.2) is 0 Å². The molecular weight excluding hydrogens is 259 g/mol. The van der Waals surface area contributed by atoms with Crippen molar-refractivity contribution in [3.63, 3.8) is 0 Å². The number of hydrazone groups is 1. The van der Waals surface area contributed by atoms with E-state index in [2.05, 4.69) is 10.5 Å². The van der Waals surface area contributed by atoms with Crippen LogP contribution in [0.1, 0.15) is 11.5 Å². The van der Waals surface area contributed by atoms with E-state index in [1.807, 2.05) is 19.1 Å².